The lowest BCUT2D eigenvalue weighted by Crippen LogP contribution is -2.38. The molecule has 0 radical (unpaired) electrons. The maximum absolute atomic E-state index is 8.60. The minimum Gasteiger partial charge on any atom is -0.409 e. The maximum Gasteiger partial charge on any atom is 0.153 e. The number of aryl methyl sites for hydroxylation is 1. The first-order valence-electron chi connectivity index (χ1n) is 5.65. The molecular formula is C10H20N6O. The normalized spacial score (nSPS) is 12.6. The summed E-state index contributed by atoms with van der Waals surface area (Å²) in [7, 11) is 0. The summed E-state index contributed by atoms with van der Waals surface area (Å²) in [5.74, 6) is 1.08. The highest BCUT2D eigenvalue weighted by molar-refractivity contribution is 5.81. The largest absolute Gasteiger partial charge is 0.409 e. The Morgan fingerprint density at radius 3 is 2.88 bits per heavy atom. The van der Waals surface area contributed by atoms with Crippen LogP contribution < -0.4 is 5.73 Å². The van der Waals surface area contributed by atoms with Gasteiger partial charge in [0.2, 0.25) is 0 Å². The van der Waals surface area contributed by atoms with Gasteiger partial charge in [0.15, 0.2) is 5.84 Å². The van der Waals surface area contributed by atoms with Gasteiger partial charge in [0.25, 0.3) is 0 Å². The molecule has 0 spiro atoms. The Kier molecular flexibility index (Phi) is 4.89. The Bertz CT molecular complexity index is 373. The molecule has 0 aliphatic heterocycles. The molecule has 0 fully saturated rings. The fraction of sp³-hybridized carbons (Fsp3) is 0.700. The molecule has 1 aromatic heterocycles. The van der Waals surface area contributed by atoms with E-state index < -0.39 is 0 Å². The SMILES string of the molecule is CCn1ncnc1CN(CC(N)=NO)C(C)C. The first-order valence-corrected chi connectivity index (χ1v) is 5.65. The minimum absolute atomic E-state index is 0.196. The van der Waals surface area contributed by atoms with E-state index in [9.17, 15) is 0 Å². The summed E-state index contributed by atoms with van der Waals surface area (Å²) in [6, 6.07) is 0.275. The molecule has 0 unspecified atom stereocenters. The summed E-state index contributed by atoms with van der Waals surface area (Å²) in [5.41, 5.74) is 5.53. The van der Waals surface area contributed by atoms with Gasteiger partial charge in [-0.05, 0) is 20.8 Å². The van der Waals surface area contributed by atoms with Crippen LogP contribution in [0.25, 0.3) is 0 Å². The number of nitrogens with two attached hydrogens (primary N) is 1. The van der Waals surface area contributed by atoms with E-state index in [1.54, 1.807) is 6.33 Å². The second kappa shape index (κ2) is 6.19. The van der Waals surface area contributed by atoms with Crippen molar-refractivity contribution in [3.8, 4) is 0 Å². The monoisotopic (exact) mass is 240 g/mol. The molecule has 7 heteroatoms. The van der Waals surface area contributed by atoms with Crippen LogP contribution in [0.4, 0.5) is 0 Å². The van der Waals surface area contributed by atoms with Gasteiger partial charge < -0.3 is 10.9 Å². The number of aromatic nitrogens is 3. The van der Waals surface area contributed by atoms with Crippen molar-refractivity contribution in [3.63, 3.8) is 0 Å². The van der Waals surface area contributed by atoms with Gasteiger partial charge in [-0.1, -0.05) is 5.16 Å². The van der Waals surface area contributed by atoms with Crippen LogP contribution in [-0.4, -0.2) is 43.3 Å². The summed E-state index contributed by atoms with van der Waals surface area (Å²) in [4.78, 5) is 6.27. The van der Waals surface area contributed by atoms with Crippen LogP contribution in [0.5, 0.6) is 0 Å². The molecule has 0 saturated heterocycles. The predicted molar refractivity (Wildman–Crippen MR) is 64.7 cm³/mol. The molecule has 1 aromatic rings. The Hall–Kier alpha value is -1.63. The molecule has 0 saturated carbocycles. The Morgan fingerprint density at radius 1 is 1.65 bits per heavy atom. The fourth-order valence-corrected chi connectivity index (χ4v) is 1.52. The van der Waals surface area contributed by atoms with Gasteiger partial charge >= 0.3 is 0 Å². The molecule has 7 nitrogen and oxygen atoms in total. The first-order chi connectivity index (χ1) is 8.08. The van der Waals surface area contributed by atoms with Crippen molar-refractivity contribution in [1.29, 1.82) is 0 Å². The third kappa shape index (κ3) is 3.70. The van der Waals surface area contributed by atoms with Crippen molar-refractivity contribution in [2.45, 2.75) is 39.9 Å². The van der Waals surface area contributed by atoms with Crippen LogP contribution >= 0.6 is 0 Å². The lowest BCUT2D eigenvalue weighted by Gasteiger charge is -2.25. The van der Waals surface area contributed by atoms with Crippen molar-refractivity contribution in [2.24, 2.45) is 10.9 Å². The zero-order chi connectivity index (χ0) is 12.8. The van der Waals surface area contributed by atoms with Crippen molar-refractivity contribution >= 4 is 5.84 Å². The third-order valence-electron chi connectivity index (χ3n) is 2.56. The summed E-state index contributed by atoms with van der Waals surface area (Å²) < 4.78 is 1.83. The van der Waals surface area contributed by atoms with Gasteiger partial charge in [-0.2, -0.15) is 5.10 Å². The van der Waals surface area contributed by atoms with E-state index in [1.165, 1.54) is 0 Å². The summed E-state index contributed by atoms with van der Waals surface area (Å²) in [5, 5.41) is 15.7. The molecule has 3 N–H and O–H groups in total. The number of hydrogen-bond acceptors (Lipinski definition) is 5. The number of rotatable bonds is 6. The fourth-order valence-electron chi connectivity index (χ4n) is 1.52. The average molecular weight is 240 g/mol. The summed E-state index contributed by atoms with van der Waals surface area (Å²) in [6.45, 7) is 7.94. The van der Waals surface area contributed by atoms with E-state index in [-0.39, 0.29) is 11.9 Å². The van der Waals surface area contributed by atoms with Gasteiger partial charge in [0.05, 0.1) is 13.1 Å². The molecule has 17 heavy (non-hydrogen) atoms. The van der Waals surface area contributed by atoms with Crippen LogP contribution in [0.2, 0.25) is 0 Å². The minimum atomic E-state index is 0.196. The highest BCUT2D eigenvalue weighted by Crippen LogP contribution is 2.05. The van der Waals surface area contributed by atoms with Crippen molar-refractivity contribution in [1.82, 2.24) is 19.7 Å². The quantitative estimate of drug-likeness (QED) is 0.322. The Morgan fingerprint density at radius 2 is 2.35 bits per heavy atom. The summed E-state index contributed by atoms with van der Waals surface area (Å²) >= 11 is 0. The lowest BCUT2D eigenvalue weighted by atomic mass is 10.3. The zero-order valence-corrected chi connectivity index (χ0v) is 10.5. The standard InChI is InChI=1S/C10H20N6O/c1-4-16-10(12-7-13-16)6-15(8(2)3)5-9(11)14-17/h7-8,17H,4-6H2,1-3H3,(H2,11,14). The van der Waals surface area contributed by atoms with E-state index in [2.05, 4.69) is 34.0 Å². The van der Waals surface area contributed by atoms with Crippen LogP contribution in [0.15, 0.2) is 11.5 Å². The topological polar surface area (TPSA) is 92.6 Å². The zero-order valence-electron chi connectivity index (χ0n) is 10.5. The Labute approximate surface area is 101 Å². The van der Waals surface area contributed by atoms with Crippen molar-refractivity contribution in [3.05, 3.63) is 12.2 Å². The highest BCUT2D eigenvalue weighted by Gasteiger charge is 2.15. The first kappa shape index (κ1) is 13.4. The molecule has 0 aliphatic carbocycles. The average Bonchev–Trinajstić information content (AvgIpc) is 2.75. The van der Waals surface area contributed by atoms with E-state index in [1.807, 2.05) is 11.6 Å². The van der Waals surface area contributed by atoms with Gasteiger partial charge in [-0.15, -0.1) is 0 Å². The van der Waals surface area contributed by atoms with Crippen LogP contribution in [0, 0.1) is 0 Å². The van der Waals surface area contributed by atoms with Gasteiger partial charge in [-0.3, -0.25) is 4.90 Å². The van der Waals surface area contributed by atoms with Crippen LogP contribution in [0.1, 0.15) is 26.6 Å². The molecule has 1 rings (SSSR count). The van der Waals surface area contributed by atoms with E-state index in [0.29, 0.717) is 13.1 Å². The van der Waals surface area contributed by atoms with E-state index >= 15 is 0 Å². The van der Waals surface area contributed by atoms with Gasteiger partial charge in [-0.25, -0.2) is 9.67 Å². The van der Waals surface area contributed by atoms with Crippen LogP contribution in [-0.2, 0) is 13.1 Å². The molecule has 0 amide bonds. The molecule has 1 heterocycles. The molecular weight excluding hydrogens is 220 g/mol. The molecule has 0 bridgehead atoms. The lowest BCUT2D eigenvalue weighted by molar-refractivity contribution is 0.229. The molecule has 96 valence electrons. The third-order valence-corrected chi connectivity index (χ3v) is 2.56. The molecule has 0 aliphatic rings. The van der Waals surface area contributed by atoms with Crippen LogP contribution in [0.3, 0.4) is 0 Å². The van der Waals surface area contributed by atoms with Gasteiger partial charge in [0.1, 0.15) is 12.2 Å². The number of amidine groups is 1. The highest BCUT2D eigenvalue weighted by atomic mass is 16.4. The molecule has 0 atom stereocenters. The van der Waals surface area contributed by atoms with E-state index in [4.69, 9.17) is 10.9 Å². The molecule has 0 aromatic carbocycles. The second-order valence-electron chi connectivity index (χ2n) is 4.08. The predicted octanol–water partition coefficient (Wildman–Crippen LogP) is 0.255. The smallest absolute Gasteiger partial charge is 0.153 e. The van der Waals surface area contributed by atoms with Gasteiger partial charge in [0, 0.05) is 12.6 Å². The number of oxime groups is 1. The number of hydrogen-bond donors (Lipinski definition) is 2. The van der Waals surface area contributed by atoms with Crippen molar-refractivity contribution < 1.29 is 5.21 Å². The second-order valence-corrected chi connectivity index (χ2v) is 4.08. The number of nitrogens with zero attached hydrogens (tertiary/aromatic N) is 5. The maximum atomic E-state index is 8.60. The Balaban J connectivity index is 2.73. The van der Waals surface area contributed by atoms with Crippen molar-refractivity contribution in [2.75, 3.05) is 6.54 Å². The van der Waals surface area contributed by atoms with E-state index in [0.717, 1.165) is 12.4 Å². The summed E-state index contributed by atoms with van der Waals surface area (Å²) in [6.07, 6.45) is 1.54.